The average molecular weight is 321 g/mol. The zero-order valence-electron chi connectivity index (χ0n) is 13.8. The summed E-state index contributed by atoms with van der Waals surface area (Å²) in [7, 11) is 2.01. The SMILES string of the molecule is Cc1ccc(O)c(/C(=C/C2=CCN(C)C=C2)c2ccc(F)cc2)c1. The molecule has 0 bridgehead atoms. The molecule has 0 aromatic heterocycles. The van der Waals surface area contributed by atoms with Gasteiger partial charge in [0.2, 0.25) is 0 Å². The molecule has 2 aromatic rings. The van der Waals surface area contributed by atoms with Gasteiger partial charge in [-0.3, -0.25) is 0 Å². The van der Waals surface area contributed by atoms with Crippen molar-refractivity contribution in [2.75, 3.05) is 13.6 Å². The smallest absolute Gasteiger partial charge is 0.123 e. The van der Waals surface area contributed by atoms with Gasteiger partial charge >= 0.3 is 0 Å². The lowest BCUT2D eigenvalue weighted by Crippen LogP contribution is -2.13. The number of benzene rings is 2. The lowest BCUT2D eigenvalue weighted by atomic mass is 9.93. The van der Waals surface area contributed by atoms with Crippen LogP contribution in [-0.4, -0.2) is 23.6 Å². The van der Waals surface area contributed by atoms with E-state index < -0.39 is 0 Å². The Hall–Kier alpha value is -2.81. The minimum Gasteiger partial charge on any atom is -0.507 e. The van der Waals surface area contributed by atoms with Crippen molar-refractivity contribution in [2.24, 2.45) is 0 Å². The third kappa shape index (κ3) is 3.57. The highest BCUT2D eigenvalue weighted by Crippen LogP contribution is 2.32. The Morgan fingerprint density at radius 3 is 2.58 bits per heavy atom. The first-order valence-electron chi connectivity index (χ1n) is 7.89. The van der Waals surface area contributed by atoms with Gasteiger partial charge in [0.25, 0.3) is 0 Å². The maximum absolute atomic E-state index is 13.3. The predicted molar refractivity (Wildman–Crippen MR) is 96.2 cm³/mol. The molecule has 122 valence electrons. The Labute approximate surface area is 141 Å². The van der Waals surface area contributed by atoms with E-state index >= 15 is 0 Å². The largest absolute Gasteiger partial charge is 0.507 e. The summed E-state index contributed by atoms with van der Waals surface area (Å²) in [5.41, 5.74) is 4.61. The van der Waals surface area contributed by atoms with E-state index in [1.54, 1.807) is 18.2 Å². The lowest BCUT2D eigenvalue weighted by Gasteiger charge is -2.17. The monoisotopic (exact) mass is 321 g/mol. The van der Waals surface area contributed by atoms with Crippen molar-refractivity contribution in [3.8, 4) is 5.75 Å². The molecule has 0 aliphatic carbocycles. The van der Waals surface area contributed by atoms with Crippen LogP contribution in [0, 0.1) is 12.7 Å². The molecule has 1 N–H and O–H groups in total. The molecule has 3 heteroatoms. The highest BCUT2D eigenvalue weighted by atomic mass is 19.1. The van der Waals surface area contributed by atoms with E-state index in [1.165, 1.54) is 12.1 Å². The fourth-order valence-corrected chi connectivity index (χ4v) is 2.68. The molecule has 24 heavy (non-hydrogen) atoms. The Balaban J connectivity index is 2.12. The average Bonchev–Trinajstić information content (AvgIpc) is 2.58. The molecule has 0 unspecified atom stereocenters. The molecule has 0 amide bonds. The number of aryl methyl sites for hydroxylation is 1. The van der Waals surface area contributed by atoms with Crippen molar-refractivity contribution < 1.29 is 9.50 Å². The van der Waals surface area contributed by atoms with Crippen LogP contribution in [0.4, 0.5) is 4.39 Å². The van der Waals surface area contributed by atoms with Crippen LogP contribution in [0.1, 0.15) is 16.7 Å². The second kappa shape index (κ2) is 6.75. The van der Waals surface area contributed by atoms with Crippen molar-refractivity contribution in [1.82, 2.24) is 4.90 Å². The minimum absolute atomic E-state index is 0.216. The van der Waals surface area contributed by atoms with Gasteiger partial charge in [0.15, 0.2) is 0 Å². The van der Waals surface area contributed by atoms with Crippen molar-refractivity contribution >= 4 is 5.57 Å². The summed E-state index contributed by atoms with van der Waals surface area (Å²) in [6.07, 6.45) is 8.20. The summed E-state index contributed by atoms with van der Waals surface area (Å²) in [6.45, 7) is 2.82. The number of likely N-dealkylation sites (N-methyl/N-ethyl adjacent to an activating group) is 1. The highest BCUT2D eigenvalue weighted by molar-refractivity contribution is 5.84. The number of phenolic OH excluding ortho intramolecular Hbond substituents is 1. The number of allylic oxidation sites excluding steroid dienone is 3. The number of aromatic hydroxyl groups is 1. The molecule has 0 saturated carbocycles. The third-order valence-electron chi connectivity index (χ3n) is 4.04. The zero-order chi connectivity index (χ0) is 17.1. The Morgan fingerprint density at radius 2 is 1.92 bits per heavy atom. The molecular weight excluding hydrogens is 301 g/mol. The van der Waals surface area contributed by atoms with Gasteiger partial charge in [-0.1, -0.05) is 29.8 Å². The van der Waals surface area contributed by atoms with Crippen LogP contribution < -0.4 is 0 Å². The van der Waals surface area contributed by atoms with E-state index in [0.29, 0.717) is 0 Å². The molecule has 0 saturated heterocycles. The van der Waals surface area contributed by atoms with Gasteiger partial charge < -0.3 is 10.0 Å². The summed E-state index contributed by atoms with van der Waals surface area (Å²) in [5, 5.41) is 10.3. The quantitative estimate of drug-likeness (QED) is 0.889. The summed E-state index contributed by atoms with van der Waals surface area (Å²) < 4.78 is 13.3. The van der Waals surface area contributed by atoms with Gasteiger partial charge in [0, 0.05) is 19.2 Å². The second-order valence-electron chi connectivity index (χ2n) is 6.04. The van der Waals surface area contributed by atoms with Crippen molar-refractivity contribution in [3.63, 3.8) is 0 Å². The summed E-state index contributed by atoms with van der Waals surface area (Å²) in [5.74, 6) is -0.0568. The number of rotatable bonds is 3. The second-order valence-corrected chi connectivity index (χ2v) is 6.04. The fraction of sp³-hybridized carbons (Fsp3) is 0.143. The van der Waals surface area contributed by atoms with Crippen LogP contribution in [0.3, 0.4) is 0 Å². The van der Waals surface area contributed by atoms with E-state index in [-0.39, 0.29) is 11.6 Å². The molecule has 3 rings (SSSR count). The van der Waals surface area contributed by atoms with Gasteiger partial charge in [-0.05, 0) is 66.3 Å². The summed E-state index contributed by atoms with van der Waals surface area (Å²) in [4.78, 5) is 2.08. The number of phenols is 1. The van der Waals surface area contributed by atoms with Crippen LogP contribution in [0.2, 0.25) is 0 Å². The molecule has 2 nitrogen and oxygen atoms in total. The van der Waals surface area contributed by atoms with Crippen molar-refractivity contribution in [3.05, 3.63) is 95.0 Å². The minimum atomic E-state index is -0.273. The molecular formula is C21H20FNO. The molecule has 0 fully saturated rings. The number of halogens is 1. The fourth-order valence-electron chi connectivity index (χ4n) is 2.68. The van der Waals surface area contributed by atoms with E-state index in [9.17, 15) is 9.50 Å². The first kappa shape index (κ1) is 16.1. The van der Waals surface area contributed by atoms with Gasteiger partial charge in [-0.25, -0.2) is 4.39 Å². The van der Waals surface area contributed by atoms with Crippen LogP contribution in [0.25, 0.3) is 5.57 Å². The molecule has 0 atom stereocenters. The summed E-state index contributed by atoms with van der Waals surface area (Å²) >= 11 is 0. The molecule has 0 spiro atoms. The Kier molecular flexibility index (Phi) is 4.52. The number of nitrogens with zero attached hydrogens (tertiary/aromatic N) is 1. The highest BCUT2D eigenvalue weighted by Gasteiger charge is 2.12. The molecule has 1 heterocycles. The standard InChI is InChI=1S/C21H20FNO/c1-15-3-8-21(24)20(13-15)19(17-4-6-18(22)7-5-17)14-16-9-11-23(2)12-10-16/h3-11,13-14,24H,12H2,1-2H3/b19-14+. The predicted octanol–water partition coefficient (Wildman–Crippen LogP) is 4.66. The molecule has 0 radical (unpaired) electrons. The molecule has 1 aliphatic heterocycles. The Bertz CT molecular complexity index is 831. The van der Waals surface area contributed by atoms with Gasteiger partial charge in [0.1, 0.15) is 11.6 Å². The van der Waals surface area contributed by atoms with Gasteiger partial charge in [-0.2, -0.15) is 0 Å². The van der Waals surface area contributed by atoms with Gasteiger partial charge in [0.05, 0.1) is 0 Å². The van der Waals surface area contributed by atoms with E-state index in [0.717, 1.165) is 34.4 Å². The maximum Gasteiger partial charge on any atom is 0.123 e. The lowest BCUT2D eigenvalue weighted by molar-refractivity contribution is 0.473. The van der Waals surface area contributed by atoms with E-state index in [4.69, 9.17) is 0 Å². The van der Waals surface area contributed by atoms with Crippen LogP contribution in [-0.2, 0) is 0 Å². The molecule has 1 aliphatic rings. The number of hydrogen-bond acceptors (Lipinski definition) is 2. The zero-order valence-corrected chi connectivity index (χ0v) is 13.8. The topological polar surface area (TPSA) is 23.5 Å². The van der Waals surface area contributed by atoms with Crippen molar-refractivity contribution in [1.29, 1.82) is 0 Å². The van der Waals surface area contributed by atoms with Gasteiger partial charge in [-0.15, -0.1) is 0 Å². The van der Waals surface area contributed by atoms with E-state index in [1.807, 2.05) is 44.5 Å². The first-order chi connectivity index (χ1) is 11.5. The maximum atomic E-state index is 13.3. The van der Waals surface area contributed by atoms with E-state index in [2.05, 4.69) is 11.0 Å². The molecule has 2 aromatic carbocycles. The van der Waals surface area contributed by atoms with Crippen molar-refractivity contribution in [2.45, 2.75) is 6.92 Å². The third-order valence-corrected chi connectivity index (χ3v) is 4.04. The number of hydrogen-bond donors (Lipinski definition) is 1. The van der Waals surface area contributed by atoms with Crippen LogP contribution in [0.5, 0.6) is 5.75 Å². The first-order valence-corrected chi connectivity index (χ1v) is 7.89. The Morgan fingerprint density at radius 1 is 1.17 bits per heavy atom. The normalized spacial score (nSPS) is 14.7. The van der Waals surface area contributed by atoms with Crippen LogP contribution in [0.15, 0.2) is 72.5 Å². The summed E-state index contributed by atoms with van der Waals surface area (Å²) in [6, 6.07) is 11.9. The van der Waals surface area contributed by atoms with Crippen LogP contribution >= 0.6 is 0 Å².